The van der Waals surface area contributed by atoms with Crippen molar-refractivity contribution in [1.82, 2.24) is 0 Å². The molecule has 4 heteroatoms. The summed E-state index contributed by atoms with van der Waals surface area (Å²) in [6, 6.07) is 20.8. The van der Waals surface area contributed by atoms with Gasteiger partial charge in [-0.25, -0.2) is 4.79 Å². The van der Waals surface area contributed by atoms with Gasteiger partial charge in [0.1, 0.15) is 11.9 Å². The van der Waals surface area contributed by atoms with E-state index in [4.69, 9.17) is 9.84 Å². The van der Waals surface area contributed by atoms with Crippen LogP contribution in [-0.2, 0) is 0 Å². The van der Waals surface area contributed by atoms with Crippen molar-refractivity contribution in [3.05, 3.63) is 72.3 Å². The quantitative estimate of drug-likeness (QED) is 0.706. The molecule has 1 atom stereocenters. The molecular weight excluding hydrogens is 302 g/mol. The van der Waals surface area contributed by atoms with Gasteiger partial charge in [-0.3, -0.25) is 0 Å². The standard InChI is InChI=1S/C20H19NO3/c1-14(13-21-17-11-9-16(10-12-17)20(22)23)24-19-8-4-6-15-5-2-3-7-18(15)19/h2-12,14,21H,13H2,1H3,(H,22,23). The molecule has 0 aromatic heterocycles. The maximum atomic E-state index is 10.8. The molecule has 0 heterocycles. The topological polar surface area (TPSA) is 58.6 Å². The minimum absolute atomic E-state index is 0.0324. The van der Waals surface area contributed by atoms with Crippen molar-refractivity contribution in [1.29, 1.82) is 0 Å². The van der Waals surface area contributed by atoms with Crippen molar-refractivity contribution >= 4 is 22.4 Å². The maximum absolute atomic E-state index is 10.8. The third kappa shape index (κ3) is 3.66. The van der Waals surface area contributed by atoms with Crippen molar-refractivity contribution in [3.63, 3.8) is 0 Å². The van der Waals surface area contributed by atoms with E-state index in [2.05, 4.69) is 23.5 Å². The number of nitrogens with one attached hydrogen (secondary N) is 1. The number of carboxylic acids is 1. The number of rotatable bonds is 6. The molecule has 0 bridgehead atoms. The average Bonchev–Trinajstić information content (AvgIpc) is 2.61. The van der Waals surface area contributed by atoms with Crippen LogP contribution < -0.4 is 10.1 Å². The van der Waals surface area contributed by atoms with Crippen molar-refractivity contribution in [2.45, 2.75) is 13.0 Å². The SMILES string of the molecule is CC(CNc1ccc(C(=O)O)cc1)Oc1cccc2ccccc12. The molecule has 0 amide bonds. The smallest absolute Gasteiger partial charge is 0.335 e. The molecular formula is C20H19NO3. The van der Waals surface area contributed by atoms with Gasteiger partial charge in [0, 0.05) is 11.1 Å². The molecule has 0 aliphatic carbocycles. The molecule has 24 heavy (non-hydrogen) atoms. The highest BCUT2D eigenvalue weighted by Gasteiger charge is 2.08. The highest BCUT2D eigenvalue weighted by Crippen LogP contribution is 2.26. The van der Waals surface area contributed by atoms with E-state index in [9.17, 15) is 4.79 Å². The van der Waals surface area contributed by atoms with E-state index in [0.29, 0.717) is 6.54 Å². The Balaban J connectivity index is 1.63. The number of hydrogen-bond acceptors (Lipinski definition) is 3. The second-order valence-electron chi connectivity index (χ2n) is 5.67. The minimum atomic E-state index is -0.922. The van der Waals surface area contributed by atoms with Gasteiger partial charge < -0.3 is 15.2 Å². The highest BCUT2D eigenvalue weighted by atomic mass is 16.5. The summed E-state index contributed by atoms with van der Waals surface area (Å²) >= 11 is 0. The first-order valence-corrected chi connectivity index (χ1v) is 7.85. The summed E-state index contributed by atoms with van der Waals surface area (Å²) in [7, 11) is 0. The molecule has 2 N–H and O–H groups in total. The zero-order valence-electron chi connectivity index (χ0n) is 13.4. The van der Waals surface area contributed by atoms with E-state index in [-0.39, 0.29) is 11.7 Å². The molecule has 0 aliphatic heterocycles. The first-order chi connectivity index (χ1) is 11.6. The fourth-order valence-electron chi connectivity index (χ4n) is 2.55. The largest absolute Gasteiger partial charge is 0.488 e. The Kier molecular flexibility index (Phi) is 4.66. The van der Waals surface area contributed by atoms with Crippen LogP contribution >= 0.6 is 0 Å². The van der Waals surface area contributed by atoms with Crippen LogP contribution in [0.2, 0.25) is 0 Å². The first kappa shape index (κ1) is 15.9. The van der Waals surface area contributed by atoms with E-state index >= 15 is 0 Å². The van der Waals surface area contributed by atoms with Gasteiger partial charge in [0.2, 0.25) is 0 Å². The van der Waals surface area contributed by atoms with E-state index in [1.54, 1.807) is 24.3 Å². The average molecular weight is 321 g/mol. The van der Waals surface area contributed by atoms with Crippen LogP contribution in [0.1, 0.15) is 17.3 Å². The Morgan fingerprint density at radius 2 is 1.75 bits per heavy atom. The number of carbonyl (C=O) groups is 1. The lowest BCUT2D eigenvalue weighted by molar-refractivity contribution is 0.0697. The summed E-state index contributed by atoms with van der Waals surface area (Å²) in [5.74, 6) is -0.0576. The van der Waals surface area contributed by atoms with E-state index < -0.39 is 5.97 Å². The lowest BCUT2D eigenvalue weighted by Crippen LogP contribution is -2.22. The molecule has 0 spiro atoms. The van der Waals surface area contributed by atoms with E-state index in [0.717, 1.165) is 22.2 Å². The van der Waals surface area contributed by atoms with Crippen molar-refractivity contribution in [2.24, 2.45) is 0 Å². The fraction of sp³-hybridized carbons (Fsp3) is 0.150. The summed E-state index contributed by atoms with van der Waals surface area (Å²) in [4.78, 5) is 10.8. The Labute approximate surface area is 140 Å². The predicted octanol–water partition coefficient (Wildman–Crippen LogP) is 4.42. The number of hydrogen-bond donors (Lipinski definition) is 2. The molecule has 3 aromatic carbocycles. The van der Waals surface area contributed by atoms with Gasteiger partial charge in [0.05, 0.1) is 12.1 Å². The number of benzene rings is 3. The van der Waals surface area contributed by atoms with Gasteiger partial charge in [-0.2, -0.15) is 0 Å². The van der Waals surface area contributed by atoms with Crippen LogP contribution in [0.3, 0.4) is 0 Å². The van der Waals surface area contributed by atoms with Crippen LogP contribution in [0.5, 0.6) is 5.75 Å². The van der Waals surface area contributed by atoms with Crippen molar-refractivity contribution < 1.29 is 14.6 Å². The number of aromatic carboxylic acids is 1. The number of ether oxygens (including phenoxy) is 1. The normalized spacial score (nSPS) is 11.9. The van der Waals surface area contributed by atoms with Crippen molar-refractivity contribution in [3.8, 4) is 5.75 Å². The lowest BCUT2D eigenvalue weighted by Gasteiger charge is -2.17. The molecule has 1 unspecified atom stereocenters. The highest BCUT2D eigenvalue weighted by molar-refractivity contribution is 5.88. The van der Waals surface area contributed by atoms with Gasteiger partial charge in [-0.1, -0.05) is 36.4 Å². The molecule has 0 aliphatic rings. The number of fused-ring (bicyclic) bond motifs is 1. The van der Waals surface area contributed by atoms with Gasteiger partial charge in [0.15, 0.2) is 0 Å². The van der Waals surface area contributed by atoms with Crippen molar-refractivity contribution in [2.75, 3.05) is 11.9 Å². The summed E-state index contributed by atoms with van der Waals surface area (Å²) in [6.07, 6.45) is -0.0324. The molecule has 3 rings (SSSR count). The van der Waals surface area contributed by atoms with Gasteiger partial charge in [-0.05, 0) is 42.6 Å². The minimum Gasteiger partial charge on any atom is -0.488 e. The second-order valence-corrected chi connectivity index (χ2v) is 5.67. The Hall–Kier alpha value is -3.01. The molecule has 0 radical (unpaired) electrons. The number of carboxylic acid groups (broad SMARTS) is 1. The summed E-state index contributed by atoms with van der Waals surface area (Å²) in [5, 5.41) is 14.4. The third-order valence-electron chi connectivity index (χ3n) is 3.80. The van der Waals surface area contributed by atoms with Crippen LogP contribution in [-0.4, -0.2) is 23.7 Å². The Morgan fingerprint density at radius 3 is 2.50 bits per heavy atom. The predicted molar refractivity (Wildman–Crippen MR) is 95.9 cm³/mol. The molecule has 0 saturated carbocycles. The summed E-state index contributed by atoms with van der Waals surface area (Å²) in [5.41, 5.74) is 1.15. The second kappa shape index (κ2) is 7.04. The van der Waals surface area contributed by atoms with E-state index in [1.807, 2.05) is 31.2 Å². The molecule has 4 nitrogen and oxygen atoms in total. The summed E-state index contributed by atoms with van der Waals surface area (Å²) < 4.78 is 6.05. The first-order valence-electron chi connectivity index (χ1n) is 7.85. The zero-order valence-corrected chi connectivity index (χ0v) is 13.4. The lowest BCUT2D eigenvalue weighted by atomic mass is 10.1. The number of anilines is 1. The van der Waals surface area contributed by atoms with Crippen LogP contribution in [0.15, 0.2) is 66.7 Å². The summed E-state index contributed by atoms with van der Waals surface area (Å²) in [6.45, 7) is 2.62. The monoisotopic (exact) mass is 321 g/mol. The van der Waals surface area contributed by atoms with Gasteiger partial charge >= 0.3 is 5.97 Å². The van der Waals surface area contributed by atoms with Gasteiger partial charge in [0.25, 0.3) is 0 Å². The van der Waals surface area contributed by atoms with Crippen LogP contribution in [0.4, 0.5) is 5.69 Å². The zero-order chi connectivity index (χ0) is 16.9. The Morgan fingerprint density at radius 1 is 1.04 bits per heavy atom. The fourth-order valence-corrected chi connectivity index (χ4v) is 2.55. The van der Waals surface area contributed by atoms with Gasteiger partial charge in [-0.15, -0.1) is 0 Å². The van der Waals surface area contributed by atoms with Crippen LogP contribution in [0.25, 0.3) is 10.8 Å². The molecule has 0 fully saturated rings. The maximum Gasteiger partial charge on any atom is 0.335 e. The Bertz CT molecular complexity index is 838. The molecule has 0 saturated heterocycles. The van der Waals surface area contributed by atoms with Crippen LogP contribution in [0, 0.1) is 0 Å². The van der Waals surface area contributed by atoms with E-state index in [1.165, 1.54) is 0 Å². The molecule has 3 aromatic rings. The molecule has 122 valence electrons. The third-order valence-corrected chi connectivity index (χ3v) is 3.80.